The summed E-state index contributed by atoms with van der Waals surface area (Å²) in [6.07, 6.45) is -0.994. The summed E-state index contributed by atoms with van der Waals surface area (Å²) < 4.78 is 62.7. The Hall–Kier alpha value is -6.48. The SMILES string of the molecule is CC(C)(C)[C@H](c1cc(-c2cc(F)ccc2F)cn1Cc1ccccc1)C(O)C(=O)NCC[C@H](N)C(=O)N[C@H]1CCC[C@H]1C(=O)NCCNC(=O)CN1C(=O)C=CC1=O.O=C(O)C(F)(F)F. The van der Waals surface area contributed by atoms with Gasteiger partial charge in [-0.2, -0.15) is 13.2 Å². The third-order valence-electron chi connectivity index (χ3n) is 10.7. The van der Waals surface area contributed by atoms with Gasteiger partial charge in [-0.25, -0.2) is 13.6 Å². The van der Waals surface area contributed by atoms with Crippen molar-refractivity contribution >= 4 is 41.4 Å². The maximum absolute atomic E-state index is 14.9. The van der Waals surface area contributed by atoms with Crippen LogP contribution in [0.5, 0.6) is 0 Å². The van der Waals surface area contributed by atoms with Crippen LogP contribution in [0.3, 0.4) is 0 Å². The number of alkyl halides is 3. The van der Waals surface area contributed by atoms with Crippen molar-refractivity contribution in [1.82, 2.24) is 30.7 Å². The Kier molecular flexibility index (Phi) is 17.6. The number of nitrogens with one attached hydrogen (secondary N) is 4. The first-order valence-corrected chi connectivity index (χ1v) is 20.6. The summed E-state index contributed by atoms with van der Waals surface area (Å²) in [6, 6.07) is 12.8. The van der Waals surface area contributed by atoms with Gasteiger partial charge in [-0.3, -0.25) is 33.7 Å². The molecule has 16 nitrogen and oxygen atoms in total. The lowest BCUT2D eigenvalue weighted by Gasteiger charge is -2.35. The third kappa shape index (κ3) is 14.5. The second-order valence-corrected chi connectivity index (χ2v) is 16.6. The number of aromatic nitrogens is 1. The fourth-order valence-corrected chi connectivity index (χ4v) is 7.43. The van der Waals surface area contributed by atoms with E-state index < -0.39 is 95.3 Å². The number of rotatable bonds is 17. The van der Waals surface area contributed by atoms with Gasteiger partial charge >= 0.3 is 12.1 Å². The van der Waals surface area contributed by atoms with Gasteiger partial charge in [0.25, 0.3) is 11.8 Å². The molecule has 1 unspecified atom stereocenters. The van der Waals surface area contributed by atoms with Gasteiger partial charge in [0.15, 0.2) is 0 Å². The predicted molar refractivity (Wildman–Crippen MR) is 224 cm³/mol. The molecule has 1 aromatic heterocycles. The zero-order valence-electron chi connectivity index (χ0n) is 35.8. The van der Waals surface area contributed by atoms with Crippen LogP contribution < -0.4 is 27.0 Å². The van der Waals surface area contributed by atoms with Crippen molar-refractivity contribution < 1.29 is 65.7 Å². The summed E-state index contributed by atoms with van der Waals surface area (Å²) >= 11 is 0. The molecule has 1 aliphatic carbocycles. The van der Waals surface area contributed by atoms with E-state index in [1.807, 2.05) is 55.7 Å². The monoisotopic (exact) mass is 917 g/mol. The molecular formula is C44H52F5N7O9. The fraction of sp³-hybridized carbons (Fsp3) is 0.432. The number of benzene rings is 2. The Labute approximate surface area is 370 Å². The largest absolute Gasteiger partial charge is 0.490 e. The van der Waals surface area contributed by atoms with Crippen molar-refractivity contribution in [2.45, 2.75) is 83.3 Å². The number of aliphatic hydroxyl groups is 1. The molecule has 65 heavy (non-hydrogen) atoms. The fourth-order valence-electron chi connectivity index (χ4n) is 7.43. The van der Waals surface area contributed by atoms with E-state index in [1.165, 1.54) is 0 Å². The maximum atomic E-state index is 14.9. The molecule has 2 heterocycles. The summed E-state index contributed by atoms with van der Waals surface area (Å²) in [5, 5.41) is 29.6. The minimum absolute atomic E-state index is 0.0336. The number of nitrogens with two attached hydrogens (primary N) is 1. The molecule has 5 atom stereocenters. The standard InChI is InChI=1S/C42H51F2N7O7.C2HF3O2/c1-42(2,3)37(33-20-26(29-21-27(43)12-13-30(29)44)23-50(33)22-25-8-5-4-6-9-25)38(55)41(58)47-17-16-31(45)40(57)49-32-11-7-10-28(32)39(56)48-19-18-46-34(52)24-51-35(53)14-15-36(51)54;3-2(4,5)1(6)7/h4-6,8-9,12-15,20-21,23,28,31-32,37-38,55H,7,10-11,16-19,22,24,45H2,1-3H3,(H,46,52)(H,47,58)(H,48,56)(H,49,57);(H,6,7)/t28-,31+,32+,37-,38?;/m1./s1. The number of carboxylic acid groups (broad SMARTS) is 1. The molecule has 3 aromatic rings. The summed E-state index contributed by atoms with van der Waals surface area (Å²) in [4.78, 5) is 84.7. The van der Waals surface area contributed by atoms with Crippen LogP contribution in [-0.4, -0.2) is 112 Å². The Bertz CT molecular complexity index is 2230. The number of carboxylic acids is 1. The van der Waals surface area contributed by atoms with Gasteiger partial charge in [-0.1, -0.05) is 57.5 Å². The first kappa shape index (κ1) is 51.2. The molecule has 1 saturated carbocycles. The highest BCUT2D eigenvalue weighted by Gasteiger charge is 2.40. The molecule has 352 valence electrons. The Morgan fingerprint density at radius 1 is 0.862 bits per heavy atom. The van der Waals surface area contributed by atoms with Crippen LogP contribution >= 0.6 is 0 Å². The average Bonchev–Trinajstić information content (AvgIpc) is 3.95. The van der Waals surface area contributed by atoms with Crippen molar-refractivity contribution in [2.24, 2.45) is 17.1 Å². The van der Waals surface area contributed by atoms with Gasteiger partial charge in [0.2, 0.25) is 23.6 Å². The highest BCUT2D eigenvalue weighted by molar-refractivity contribution is 6.14. The summed E-state index contributed by atoms with van der Waals surface area (Å²) in [7, 11) is 0. The lowest BCUT2D eigenvalue weighted by atomic mass is 9.74. The highest BCUT2D eigenvalue weighted by Crippen LogP contribution is 2.41. The van der Waals surface area contributed by atoms with E-state index in [-0.39, 0.29) is 37.5 Å². The van der Waals surface area contributed by atoms with Gasteiger partial charge in [0, 0.05) is 73.3 Å². The zero-order chi connectivity index (χ0) is 48.2. The molecule has 1 aliphatic heterocycles. The minimum atomic E-state index is -5.08. The van der Waals surface area contributed by atoms with Crippen molar-refractivity contribution in [3.05, 3.63) is 95.8 Å². The Morgan fingerprint density at radius 3 is 2.11 bits per heavy atom. The number of aliphatic carboxylic acids is 1. The molecule has 0 spiro atoms. The summed E-state index contributed by atoms with van der Waals surface area (Å²) in [6.45, 7) is 5.64. The second kappa shape index (κ2) is 22.4. The summed E-state index contributed by atoms with van der Waals surface area (Å²) in [5.41, 5.74) is 7.40. The molecule has 8 N–H and O–H groups in total. The van der Waals surface area contributed by atoms with Crippen LogP contribution in [0, 0.1) is 23.0 Å². The van der Waals surface area contributed by atoms with E-state index in [9.17, 15) is 55.8 Å². The number of carbonyl (C=O) groups excluding carboxylic acids is 6. The molecule has 5 rings (SSSR count). The molecule has 2 aromatic carbocycles. The van der Waals surface area contributed by atoms with Crippen LogP contribution in [-0.2, 0) is 40.1 Å². The van der Waals surface area contributed by atoms with Crippen LogP contribution in [0.15, 0.2) is 72.9 Å². The number of amides is 6. The van der Waals surface area contributed by atoms with Crippen molar-refractivity contribution in [3.8, 4) is 11.1 Å². The van der Waals surface area contributed by atoms with E-state index in [1.54, 1.807) is 12.3 Å². The van der Waals surface area contributed by atoms with Crippen LogP contribution in [0.4, 0.5) is 22.0 Å². The number of hydrogen-bond donors (Lipinski definition) is 7. The number of hydrogen-bond acceptors (Lipinski definition) is 9. The predicted octanol–water partition coefficient (Wildman–Crippen LogP) is 2.88. The van der Waals surface area contributed by atoms with E-state index in [0.29, 0.717) is 37.1 Å². The average molecular weight is 918 g/mol. The number of aliphatic hydroxyl groups excluding tert-OH is 1. The quantitative estimate of drug-likeness (QED) is 0.0594. The second-order valence-electron chi connectivity index (χ2n) is 16.6. The maximum Gasteiger partial charge on any atom is 0.490 e. The lowest BCUT2D eigenvalue weighted by molar-refractivity contribution is -0.192. The molecular weight excluding hydrogens is 866 g/mol. The minimum Gasteiger partial charge on any atom is -0.475 e. The van der Waals surface area contributed by atoms with Crippen LogP contribution in [0.25, 0.3) is 11.1 Å². The van der Waals surface area contributed by atoms with Gasteiger partial charge < -0.3 is 41.8 Å². The molecule has 0 saturated heterocycles. The van der Waals surface area contributed by atoms with E-state index in [2.05, 4.69) is 21.3 Å². The lowest BCUT2D eigenvalue weighted by Crippen LogP contribution is -2.51. The van der Waals surface area contributed by atoms with Crippen LogP contribution in [0.1, 0.15) is 63.6 Å². The summed E-state index contributed by atoms with van der Waals surface area (Å²) in [5.74, 6) is -8.52. The van der Waals surface area contributed by atoms with Gasteiger partial charge in [0.05, 0.1) is 12.0 Å². The van der Waals surface area contributed by atoms with E-state index >= 15 is 0 Å². The van der Waals surface area contributed by atoms with Crippen molar-refractivity contribution in [1.29, 1.82) is 0 Å². The Morgan fingerprint density at radius 2 is 1.49 bits per heavy atom. The highest BCUT2D eigenvalue weighted by atomic mass is 19.4. The molecule has 21 heteroatoms. The van der Waals surface area contributed by atoms with Crippen molar-refractivity contribution in [2.75, 3.05) is 26.2 Å². The zero-order valence-corrected chi connectivity index (χ0v) is 35.8. The number of carbonyl (C=O) groups is 7. The smallest absolute Gasteiger partial charge is 0.475 e. The first-order valence-electron chi connectivity index (χ1n) is 20.6. The third-order valence-corrected chi connectivity index (χ3v) is 10.7. The van der Waals surface area contributed by atoms with E-state index in [4.69, 9.17) is 15.6 Å². The number of nitrogens with zero attached hydrogens (tertiary/aromatic N) is 2. The molecule has 2 aliphatic rings. The van der Waals surface area contributed by atoms with E-state index in [0.717, 1.165) is 40.8 Å². The molecule has 0 radical (unpaired) electrons. The van der Waals surface area contributed by atoms with Gasteiger partial charge in [-0.05, 0) is 54.5 Å². The van der Waals surface area contributed by atoms with Crippen LogP contribution in [0.2, 0.25) is 0 Å². The number of imide groups is 1. The Balaban J connectivity index is 0.00000122. The normalized spacial score (nSPS) is 17.4. The van der Waals surface area contributed by atoms with Crippen molar-refractivity contribution in [3.63, 3.8) is 0 Å². The van der Waals surface area contributed by atoms with Gasteiger partial charge in [-0.15, -0.1) is 0 Å². The molecule has 0 bridgehead atoms. The molecule has 1 fully saturated rings. The number of halogens is 5. The first-order chi connectivity index (χ1) is 30.5. The topological polar surface area (TPSA) is 242 Å². The molecule has 6 amide bonds. The van der Waals surface area contributed by atoms with Gasteiger partial charge in [0.1, 0.15) is 24.3 Å².